The monoisotopic (exact) mass is 292 g/mol. The highest BCUT2D eigenvalue weighted by molar-refractivity contribution is 5.23. The molecule has 1 heterocycles. The van der Waals surface area contributed by atoms with Crippen molar-refractivity contribution in [1.29, 1.82) is 0 Å². The van der Waals surface area contributed by atoms with Crippen molar-refractivity contribution < 1.29 is 9.84 Å². The molecule has 0 radical (unpaired) electrons. The molecular formula is C17H28N2O2. The van der Waals surface area contributed by atoms with E-state index < -0.39 is 0 Å². The van der Waals surface area contributed by atoms with Crippen LogP contribution in [0.4, 0.5) is 0 Å². The second-order valence-electron chi connectivity index (χ2n) is 5.94. The first-order chi connectivity index (χ1) is 10.2. The molecule has 1 aromatic rings. The third kappa shape index (κ3) is 5.40. The van der Waals surface area contributed by atoms with Crippen molar-refractivity contribution in [2.45, 2.75) is 38.3 Å². The van der Waals surface area contributed by atoms with Crippen LogP contribution in [0.2, 0.25) is 0 Å². The van der Waals surface area contributed by atoms with Gasteiger partial charge in [0.1, 0.15) is 0 Å². The second-order valence-corrected chi connectivity index (χ2v) is 5.94. The van der Waals surface area contributed by atoms with E-state index in [-0.39, 0.29) is 12.6 Å². The second kappa shape index (κ2) is 8.49. The molecular weight excluding hydrogens is 264 g/mol. The van der Waals surface area contributed by atoms with Crippen LogP contribution in [0.1, 0.15) is 36.4 Å². The largest absolute Gasteiger partial charge is 0.394 e. The number of piperidine rings is 1. The smallest absolute Gasteiger partial charge is 0.0701 e. The number of hydrogen-bond acceptors (Lipinski definition) is 4. The van der Waals surface area contributed by atoms with Gasteiger partial charge in [-0.2, -0.15) is 0 Å². The topological polar surface area (TPSA) is 58.7 Å². The zero-order valence-corrected chi connectivity index (χ0v) is 13.0. The molecule has 1 atom stereocenters. The number of benzene rings is 1. The van der Waals surface area contributed by atoms with E-state index in [1.54, 1.807) is 0 Å². The minimum Gasteiger partial charge on any atom is -0.394 e. The minimum atomic E-state index is 0.117. The lowest BCUT2D eigenvalue weighted by molar-refractivity contribution is -0.00802. The van der Waals surface area contributed by atoms with Crippen molar-refractivity contribution in [3.63, 3.8) is 0 Å². The van der Waals surface area contributed by atoms with Crippen molar-refractivity contribution >= 4 is 0 Å². The molecule has 2 rings (SSSR count). The Morgan fingerprint density at radius 1 is 1.29 bits per heavy atom. The summed E-state index contributed by atoms with van der Waals surface area (Å²) in [5, 5.41) is 8.77. The molecule has 0 spiro atoms. The molecule has 1 fully saturated rings. The summed E-state index contributed by atoms with van der Waals surface area (Å²) in [7, 11) is 0. The Kier molecular flexibility index (Phi) is 6.64. The summed E-state index contributed by atoms with van der Waals surface area (Å²) in [6.45, 7) is 5.85. The zero-order chi connectivity index (χ0) is 15.1. The molecule has 4 heteroatoms. The quantitative estimate of drug-likeness (QED) is 0.805. The van der Waals surface area contributed by atoms with Crippen LogP contribution in [0.15, 0.2) is 24.3 Å². The van der Waals surface area contributed by atoms with Gasteiger partial charge < -0.3 is 20.5 Å². The Labute approximate surface area is 127 Å². The van der Waals surface area contributed by atoms with E-state index in [1.165, 1.54) is 11.1 Å². The van der Waals surface area contributed by atoms with Gasteiger partial charge in [0.25, 0.3) is 0 Å². The fourth-order valence-corrected chi connectivity index (χ4v) is 2.82. The molecule has 1 aromatic carbocycles. The lowest BCUT2D eigenvalue weighted by Gasteiger charge is -2.32. The molecule has 0 aromatic heterocycles. The molecule has 1 aliphatic rings. The van der Waals surface area contributed by atoms with Gasteiger partial charge in [-0.3, -0.25) is 0 Å². The van der Waals surface area contributed by atoms with Crippen molar-refractivity contribution in [3.8, 4) is 0 Å². The molecule has 1 aliphatic heterocycles. The first-order valence-electron chi connectivity index (χ1n) is 7.96. The standard InChI is InChI=1S/C17H28N2O2/c1-14-2-4-15(5-3-14)17(18)8-11-19-9-6-16(7-10-19)21-13-12-20/h2-5,16-17,20H,6-13,18H2,1H3. The first kappa shape index (κ1) is 16.4. The fraction of sp³-hybridized carbons (Fsp3) is 0.647. The number of nitrogens with zero attached hydrogens (tertiary/aromatic N) is 1. The zero-order valence-electron chi connectivity index (χ0n) is 13.0. The summed E-state index contributed by atoms with van der Waals surface area (Å²) in [5.41, 5.74) is 8.77. The summed E-state index contributed by atoms with van der Waals surface area (Å²) in [6.07, 6.45) is 3.42. The van der Waals surface area contributed by atoms with Crippen LogP contribution in [0, 0.1) is 6.92 Å². The van der Waals surface area contributed by atoms with Crippen LogP contribution in [-0.2, 0) is 4.74 Å². The van der Waals surface area contributed by atoms with Crippen LogP contribution in [0.5, 0.6) is 0 Å². The average Bonchev–Trinajstić information content (AvgIpc) is 2.52. The highest BCUT2D eigenvalue weighted by atomic mass is 16.5. The summed E-state index contributed by atoms with van der Waals surface area (Å²) < 4.78 is 5.59. The van der Waals surface area contributed by atoms with Crippen LogP contribution in [0.3, 0.4) is 0 Å². The summed E-state index contributed by atoms with van der Waals surface area (Å²) in [6, 6.07) is 8.64. The van der Waals surface area contributed by atoms with Gasteiger partial charge >= 0.3 is 0 Å². The van der Waals surface area contributed by atoms with Crippen LogP contribution in [0.25, 0.3) is 0 Å². The predicted octanol–water partition coefficient (Wildman–Crippen LogP) is 1.86. The number of likely N-dealkylation sites (tertiary alicyclic amines) is 1. The molecule has 0 bridgehead atoms. The van der Waals surface area contributed by atoms with Crippen molar-refractivity contribution in [3.05, 3.63) is 35.4 Å². The van der Waals surface area contributed by atoms with Gasteiger partial charge in [-0.1, -0.05) is 29.8 Å². The Bertz CT molecular complexity index is 400. The SMILES string of the molecule is Cc1ccc(C(N)CCN2CCC(OCCO)CC2)cc1. The van der Waals surface area contributed by atoms with E-state index in [0.717, 1.165) is 38.9 Å². The maximum Gasteiger partial charge on any atom is 0.0701 e. The third-order valence-electron chi connectivity index (χ3n) is 4.24. The summed E-state index contributed by atoms with van der Waals surface area (Å²) >= 11 is 0. The number of nitrogens with two attached hydrogens (primary N) is 1. The van der Waals surface area contributed by atoms with E-state index >= 15 is 0 Å². The number of ether oxygens (including phenoxy) is 1. The fourth-order valence-electron chi connectivity index (χ4n) is 2.82. The van der Waals surface area contributed by atoms with E-state index in [2.05, 4.69) is 36.1 Å². The Balaban J connectivity index is 1.68. The predicted molar refractivity (Wildman–Crippen MR) is 85.2 cm³/mol. The summed E-state index contributed by atoms with van der Waals surface area (Å²) in [5.74, 6) is 0. The van der Waals surface area contributed by atoms with Gasteiger partial charge in [0.15, 0.2) is 0 Å². The highest BCUT2D eigenvalue weighted by Crippen LogP contribution is 2.18. The van der Waals surface area contributed by atoms with Crippen molar-refractivity contribution in [1.82, 2.24) is 4.90 Å². The minimum absolute atomic E-state index is 0.117. The molecule has 0 aliphatic carbocycles. The van der Waals surface area contributed by atoms with Crippen LogP contribution < -0.4 is 5.73 Å². The van der Waals surface area contributed by atoms with Crippen LogP contribution >= 0.6 is 0 Å². The number of hydrogen-bond donors (Lipinski definition) is 2. The molecule has 21 heavy (non-hydrogen) atoms. The van der Waals surface area contributed by atoms with E-state index in [1.807, 2.05) is 0 Å². The lowest BCUT2D eigenvalue weighted by Crippen LogP contribution is -2.38. The number of aliphatic hydroxyl groups is 1. The Morgan fingerprint density at radius 3 is 2.57 bits per heavy atom. The third-order valence-corrected chi connectivity index (χ3v) is 4.24. The van der Waals surface area contributed by atoms with Crippen LogP contribution in [-0.4, -0.2) is 49.0 Å². The van der Waals surface area contributed by atoms with Gasteiger partial charge in [0.2, 0.25) is 0 Å². The van der Waals surface area contributed by atoms with Crippen molar-refractivity contribution in [2.75, 3.05) is 32.8 Å². The number of aryl methyl sites for hydroxylation is 1. The number of rotatable bonds is 7. The average molecular weight is 292 g/mol. The molecule has 4 nitrogen and oxygen atoms in total. The lowest BCUT2D eigenvalue weighted by atomic mass is 10.0. The van der Waals surface area contributed by atoms with E-state index in [0.29, 0.717) is 12.7 Å². The van der Waals surface area contributed by atoms with Crippen molar-refractivity contribution in [2.24, 2.45) is 5.73 Å². The van der Waals surface area contributed by atoms with Gasteiger partial charge in [-0.15, -0.1) is 0 Å². The van der Waals surface area contributed by atoms with E-state index in [9.17, 15) is 0 Å². The normalized spacial score (nSPS) is 18.8. The van der Waals surface area contributed by atoms with Gasteiger partial charge in [0, 0.05) is 19.1 Å². The van der Waals surface area contributed by atoms with Gasteiger partial charge in [0.05, 0.1) is 19.3 Å². The van der Waals surface area contributed by atoms with Gasteiger partial charge in [-0.05, 0) is 38.3 Å². The molecule has 0 saturated carbocycles. The molecule has 0 amide bonds. The maximum absolute atomic E-state index is 8.77. The number of aliphatic hydroxyl groups excluding tert-OH is 1. The molecule has 1 unspecified atom stereocenters. The molecule has 1 saturated heterocycles. The molecule has 118 valence electrons. The first-order valence-corrected chi connectivity index (χ1v) is 7.96. The van der Waals surface area contributed by atoms with E-state index in [4.69, 9.17) is 15.6 Å². The molecule has 3 N–H and O–H groups in total. The Hall–Kier alpha value is -0.940. The summed E-state index contributed by atoms with van der Waals surface area (Å²) in [4.78, 5) is 2.47. The van der Waals surface area contributed by atoms with Gasteiger partial charge in [-0.25, -0.2) is 0 Å². The Morgan fingerprint density at radius 2 is 1.95 bits per heavy atom. The highest BCUT2D eigenvalue weighted by Gasteiger charge is 2.19. The maximum atomic E-state index is 8.77.